The highest BCUT2D eigenvalue weighted by Crippen LogP contribution is 2.48. The molecule has 0 saturated heterocycles. The van der Waals surface area contributed by atoms with Crippen LogP contribution < -0.4 is 4.90 Å². The molecular weight excluding hydrogens is 685 g/mol. The average molecular weight is 717 g/mol. The molecule has 3 aromatic heterocycles. The summed E-state index contributed by atoms with van der Waals surface area (Å²) >= 11 is 0. The van der Waals surface area contributed by atoms with Crippen molar-refractivity contribution in [2.24, 2.45) is 0 Å². The fourth-order valence-corrected chi connectivity index (χ4v) is 8.96. The van der Waals surface area contributed by atoms with Gasteiger partial charge in [-0.2, -0.15) is 0 Å². The fraction of sp³-hybridized carbons (Fsp3) is 0. The van der Waals surface area contributed by atoms with E-state index in [4.69, 9.17) is 8.83 Å². The molecule has 0 fully saturated rings. The summed E-state index contributed by atoms with van der Waals surface area (Å²) in [5.74, 6) is 0. The van der Waals surface area contributed by atoms with E-state index in [1.54, 1.807) is 0 Å². The third-order valence-electron chi connectivity index (χ3n) is 11.4. The molecule has 4 nitrogen and oxygen atoms in total. The maximum Gasteiger partial charge on any atom is 0.143 e. The molecule has 0 aliphatic heterocycles. The number of rotatable bonds is 5. The van der Waals surface area contributed by atoms with Gasteiger partial charge in [-0.15, -0.1) is 0 Å². The minimum atomic E-state index is 0.843. The molecular formula is C52H32N2O2. The van der Waals surface area contributed by atoms with Crippen molar-refractivity contribution in [1.82, 2.24) is 4.57 Å². The lowest BCUT2D eigenvalue weighted by Gasteiger charge is -2.30. The molecule has 4 heteroatoms. The second-order valence-corrected chi connectivity index (χ2v) is 14.4. The topological polar surface area (TPSA) is 34.5 Å². The van der Waals surface area contributed by atoms with E-state index in [9.17, 15) is 0 Å². The van der Waals surface area contributed by atoms with Crippen molar-refractivity contribution in [2.75, 3.05) is 4.90 Å². The molecule has 0 spiro atoms. The van der Waals surface area contributed by atoms with Crippen LogP contribution in [0.3, 0.4) is 0 Å². The molecule has 0 unspecified atom stereocenters. The van der Waals surface area contributed by atoms with E-state index in [0.717, 1.165) is 99.6 Å². The summed E-state index contributed by atoms with van der Waals surface area (Å²) in [4.78, 5) is 2.40. The number of fused-ring (bicyclic) bond motifs is 11. The molecule has 0 amide bonds. The van der Waals surface area contributed by atoms with Crippen LogP contribution in [0, 0.1) is 0 Å². The number of furan rings is 2. The highest BCUT2D eigenvalue weighted by molar-refractivity contribution is 6.20. The summed E-state index contributed by atoms with van der Waals surface area (Å²) in [6.45, 7) is 0. The number of aromatic nitrogens is 1. The minimum Gasteiger partial charge on any atom is -0.456 e. The molecule has 262 valence electrons. The lowest BCUT2D eigenvalue weighted by atomic mass is 9.96. The molecule has 0 N–H and O–H groups in total. The van der Waals surface area contributed by atoms with E-state index in [2.05, 4.69) is 191 Å². The Bertz CT molecular complexity index is 3460. The van der Waals surface area contributed by atoms with Gasteiger partial charge in [0.25, 0.3) is 0 Å². The molecule has 0 saturated carbocycles. The standard InChI is InChI=1S/C52H32N2O2/c1-2-15-35-33(14-1)28-30-42-51-41(20-13-27-49(51)56-52(35)42)38-18-5-7-21-43(38)53(34-29-31-40-39-19-6-12-26-48(39)55-50(40)32-34)46-24-10-11-25-47(46)54-44-22-8-3-16-36(44)37-17-4-9-23-45(37)54/h1-32H. The number of hydrogen-bond acceptors (Lipinski definition) is 3. The Balaban J connectivity index is 1.16. The zero-order valence-corrected chi connectivity index (χ0v) is 30.2. The van der Waals surface area contributed by atoms with E-state index in [0.29, 0.717) is 0 Å². The Kier molecular flexibility index (Phi) is 6.60. The maximum absolute atomic E-state index is 6.70. The fourth-order valence-electron chi connectivity index (χ4n) is 8.96. The molecule has 3 heterocycles. The lowest BCUT2D eigenvalue weighted by Crippen LogP contribution is -2.14. The molecule has 12 rings (SSSR count). The van der Waals surface area contributed by atoms with Gasteiger partial charge in [0, 0.05) is 55.0 Å². The van der Waals surface area contributed by atoms with Gasteiger partial charge in [-0.3, -0.25) is 0 Å². The van der Waals surface area contributed by atoms with Gasteiger partial charge in [0.05, 0.1) is 28.1 Å². The van der Waals surface area contributed by atoms with Crippen LogP contribution >= 0.6 is 0 Å². The van der Waals surface area contributed by atoms with E-state index in [1.807, 2.05) is 12.1 Å². The van der Waals surface area contributed by atoms with Gasteiger partial charge >= 0.3 is 0 Å². The van der Waals surface area contributed by atoms with E-state index in [-0.39, 0.29) is 0 Å². The second-order valence-electron chi connectivity index (χ2n) is 14.4. The van der Waals surface area contributed by atoms with Crippen LogP contribution in [0.1, 0.15) is 0 Å². The third-order valence-corrected chi connectivity index (χ3v) is 11.4. The van der Waals surface area contributed by atoms with Crippen molar-refractivity contribution >= 4 is 93.5 Å². The summed E-state index contributed by atoms with van der Waals surface area (Å²) in [7, 11) is 0. The van der Waals surface area contributed by atoms with Crippen LogP contribution in [0.4, 0.5) is 17.1 Å². The van der Waals surface area contributed by atoms with Crippen LogP contribution in [0.15, 0.2) is 203 Å². The molecule has 12 aromatic rings. The van der Waals surface area contributed by atoms with E-state index < -0.39 is 0 Å². The van der Waals surface area contributed by atoms with Crippen LogP contribution in [-0.2, 0) is 0 Å². The highest BCUT2D eigenvalue weighted by atomic mass is 16.3. The Morgan fingerprint density at radius 3 is 1.82 bits per heavy atom. The first-order valence-electron chi connectivity index (χ1n) is 19.0. The van der Waals surface area contributed by atoms with Crippen molar-refractivity contribution in [3.63, 3.8) is 0 Å². The van der Waals surface area contributed by atoms with Gasteiger partial charge in [0.15, 0.2) is 0 Å². The molecule has 0 aliphatic carbocycles. The van der Waals surface area contributed by atoms with Crippen molar-refractivity contribution in [2.45, 2.75) is 0 Å². The Labute approximate surface area is 321 Å². The number of anilines is 3. The van der Waals surface area contributed by atoms with Crippen molar-refractivity contribution < 1.29 is 8.83 Å². The normalized spacial score (nSPS) is 11.9. The molecule has 9 aromatic carbocycles. The first kappa shape index (κ1) is 30.9. The van der Waals surface area contributed by atoms with E-state index >= 15 is 0 Å². The minimum absolute atomic E-state index is 0.843. The summed E-state index contributed by atoms with van der Waals surface area (Å²) in [6, 6.07) is 69.0. The number of hydrogen-bond donors (Lipinski definition) is 0. The zero-order chi connectivity index (χ0) is 36.7. The molecule has 0 radical (unpaired) electrons. The number of benzene rings is 9. The first-order chi connectivity index (χ1) is 27.8. The van der Waals surface area contributed by atoms with Gasteiger partial charge in [-0.05, 0) is 71.6 Å². The molecule has 0 aliphatic rings. The molecule has 0 atom stereocenters. The number of nitrogens with zero attached hydrogens (tertiary/aromatic N) is 2. The van der Waals surface area contributed by atoms with Gasteiger partial charge < -0.3 is 18.3 Å². The number of para-hydroxylation sites is 6. The maximum atomic E-state index is 6.70. The first-order valence-corrected chi connectivity index (χ1v) is 19.0. The SMILES string of the molecule is c1ccc(N(c2ccc3c(c2)oc2ccccc23)c2ccccc2-n2c3ccccc3c3ccccc32)c(-c2cccc3oc4c5ccccc5ccc4c23)c1. The monoisotopic (exact) mass is 716 g/mol. The van der Waals surface area contributed by atoms with Crippen molar-refractivity contribution in [3.8, 4) is 16.8 Å². The summed E-state index contributed by atoms with van der Waals surface area (Å²) in [5.41, 5.74) is 12.2. The van der Waals surface area contributed by atoms with Crippen molar-refractivity contribution in [3.05, 3.63) is 194 Å². The average Bonchev–Trinajstić information content (AvgIpc) is 3.94. The van der Waals surface area contributed by atoms with Gasteiger partial charge in [-0.1, -0.05) is 127 Å². The van der Waals surface area contributed by atoms with Gasteiger partial charge in [0.1, 0.15) is 22.3 Å². The quantitative estimate of drug-likeness (QED) is 0.178. The Morgan fingerprint density at radius 2 is 0.982 bits per heavy atom. The second kappa shape index (κ2) is 12.0. The Morgan fingerprint density at radius 1 is 0.375 bits per heavy atom. The molecule has 0 bridgehead atoms. The van der Waals surface area contributed by atoms with E-state index in [1.165, 1.54) is 10.8 Å². The highest BCUT2D eigenvalue weighted by Gasteiger charge is 2.25. The third kappa shape index (κ3) is 4.47. The predicted molar refractivity (Wildman–Crippen MR) is 233 cm³/mol. The summed E-state index contributed by atoms with van der Waals surface area (Å²) in [6.07, 6.45) is 0. The van der Waals surface area contributed by atoms with Crippen molar-refractivity contribution in [1.29, 1.82) is 0 Å². The predicted octanol–water partition coefficient (Wildman–Crippen LogP) is 14.9. The van der Waals surface area contributed by atoms with Crippen LogP contribution in [0.25, 0.3) is 93.3 Å². The Hall–Kier alpha value is -7.56. The van der Waals surface area contributed by atoms with Gasteiger partial charge in [-0.25, -0.2) is 0 Å². The van der Waals surface area contributed by atoms with Gasteiger partial charge in [0.2, 0.25) is 0 Å². The van der Waals surface area contributed by atoms with Crippen LogP contribution in [-0.4, -0.2) is 4.57 Å². The largest absolute Gasteiger partial charge is 0.456 e. The summed E-state index contributed by atoms with van der Waals surface area (Å²) < 4.78 is 15.6. The molecule has 56 heavy (non-hydrogen) atoms. The zero-order valence-electron chi connectivity index (χ0n) is 30.2. The summed E-state index contributed by atoms with van der Waals surface area (Å²) in [5, 5.41) is 9.12. The smallest absolute Gasteiger partial charge is 0.143 e. The lowest BCUT2D eigenvalue weighted by molar-refractivity contribution is 0.669. The van der Waals surface area contributed by atoms with Crippen LogP contribution in [0.5, 0.6) is 0 Å². The van der Waals surface area contributed by atoms with Crippen LogP contribution in [0.2, 0.25) is 0 Å².